The molecule has 1 aromatic rings. The predicted molar refractivity (Wildman–Crippen MR) is 70.2 cm³/mol. The summed E-state index contributed by atoms with van der Waals surface area (Å²) in [5, 5.41) is 0. The second-order valence-electron chi connectivity index (χ2n) is 4.28. The van der Waals surface area contributed by atoms with Crippen molar-refractivity contribution < 1.29 is 19.1 Å². The Kier molecular flexibility index (Phi) is 3.51. The van der Waals surface area contributed by atoms with E-state index in [1.54, 1.807) is 38.1 Å². The lowest BCUT2D eigenvalue weighted by Gasteiger charge is -2.04. The number of ether oxygens (including phenoxy) is 2. The van der Waals surface area contributed by atoms with Gasteiger partial charge in [0.1, 0.15) is 6.10 Å². The molecule has 1 unspecified atom stereocenters. The molecule has 0 aromatic heterocycles. The van der Waals surface area contributed by atoms with Gasteiger partial charge in [0, 0.05) is 5.57 Å². The number of hydrogen-bond donors (Lipinski definition) is 0. The monoisotopic (exact) mass is 258 g/mol. The van der Waals surface area contributed by atoms with Crippen LogP contribution >= 0.6 is 0 Å². The van der Waals surface area contributed by atoms with Crippen molar-refractivity contribution in [3.05, 3.63) is 53.3 Å². The summed E-state index contributed by atoms with van der Waals surface area (Å²) in [6.07, 6.45) is 1.28. The zero-order valence-electron chi connectivity index (χ0n) is 10.8. The highest BCUT2D eigenvalue weighted by atomic mass is 16.6. The molecule has 1 aliphatic rings. The molecule has 1 heterocycles. The highest BCUT2D eigenvalue weighted by Gasteiger charge is 2.31. The molecule has 1 aliphatic heterocycles. The lowest BCUT2D eigenvalue weighted by atomic mass is 10.1. The number of carbonyl (C=O) groups excluding carboxylic acids is 2. The number of esters is 2. The van der Waals surface area contributed by atoms with Crippen molar-refractivity contribution in [3.63, 3.8) is 0 Å². The van der Waals surface area contributed by atoms with Crippen molar-refractivity contribution in [2.45, 2.75) is 20.0 Å². The van der Waals surface area contributed by atoms with E-state index in [2.05, 4.69) is 6.58 Å². The molecule has 2 rings (SSSR count). The second-order valence-corrected chi connectivity index (χ2v) is 4.28. The van der Waals surface area contributed by atoms with Crippen molar-refractivity contribution >= 4 is 18.0 Å². The molecule has 4 heteroatoms. The van der Waals surface area contributed by atoms with Gasteiger partial charge in [0.25, 0.3) is 0 Å². The number of carbonyl (C=O) groups is 2. The van der Waals surface area contributed by atoms with Crippen molar-refractivity contribution in [1.29, 1.82) is 0 Å². The summed E-state index contributed by atoms with van der Waals surface area (Å²) in [5.74, 6) is -1.19. The maximum absolute atomic E-state index is 12.0. The van der Waals surface area contributed by atoms with Gasteiger partial charge in [0.15, 0.2) is 0 Å². The van der Waals surface area contributed by atoms with E-state index < -0.39 is 11.9 Å². The van der Waals surface area contributed by atoms with E-state index in [9.17, 15) is 9.59 Å². The van der Waals surface area contributed by atoms with Crippen LogP contribution in [0.3, 0.4) is 0 Å². The third kappa shape index (κ3) is 2.57. The summed E-state index contributed by atoms with van der Waals surface area (Å²) in [4.78, 5) is 23.5. The van der Waals surface area contributed by atoms with E-state index in [0.717, 1.165) is 5.56 Å². The fourth-order valence-electron chi connectivity index (χ4n) is 1.71. The van der Waals surface area contributed by atoms with Crippen LogP contribution in [-0.2, 0) is 14.3 Å². The molecular weight excluding hydrogens is 244 g/mol. The zero-order chi connectivity index (χ0) is 14.0. The molecule has 0 spiro atoms. The summed E-state index contributed by atoms with van der Waals surface area (Å²) in [7, 11) is 0. The van der Waals surface area contributed by atoms with E-state index in [-0.39, 0.29) is 11.9 Å². The van der Waals surface area contributed by atoms with Crippen molar-refractivity contribution in [3.8, 4) is 0 Å². The molecule has 0 bridgehead atoms. The summed E-state index contributed by atoms with van der Waals surface area (Å²) in [6, 6.07) is 6.81. The first kappa shape index (κ1) is 13.1. The molecule has 4 nitrogen and oxygen atoms in total. The van der Waals surface area contributed by atoms with E-state index >= 15 is 0 Å². The Balaban J connectivity index is 2.22. The Labute approximate surface area is 111 Å². The van der Waals surface area contributed by atoms with Crippen molar-refractivity contribution in [2.24, 2.45) is 0 Å². The van der Waals surface area contributed by atoms with Crippen LogP contribution in [-0.4, -0.2) is 18.0 Å². The summed E-state index contributed by atoms with van der Waals surface area (Å²) < 4.78 is 10.1. The quantitative estimate of drug-likeness (QED) is 0.782. The Morgan fingerprint density at radius 1 is 1.47 bits per heavy atom. The largest absolute Gasteiger partial charge is 0.452 e. The minimum Gasteiger partial charge on any atom is -0.452 e. The average molecular weight is 258 g/mol. The molecule has 0 N–H and O–H groups in total. The molecule has 1 atom stereocenters. The second kappa shape index (κ2) is 5.10. The number of rotatable bonds is 3. The van der Waals surface area contributed by atoms with Crippen LogP contribution in [0.2, 0.25) is 0 Å². The van der Waals surface area contributed by atoms with Crippen LogP contribution < -0.4 is 0 Å². The van der Waals surface area contributed by atoms with Crippen molar-refractivity contribution in [2.75, 3.05) is 0 Å². The predicted octanol–water partition coefficient (Wildman–Crippen LogP) is 2.71. The first-order chi connectivity index (χ1) is 9.02. The van der Waals surface area contributed by atoms with Crippen LogP contribution in [0.1, 0.15) is 29.8 Å². The summed E-state index contributed by atoms with van der Waals surface area (Å²) in [6.45, 7) is 7.07. The maximum atomic E-state index is 12.0. The normalized spacial score (nSPS) is 18.2. The summed E-state index contributed by atoms with van der Waals surface area (Å²) >= 11 is 0. The van der Waals surface area contributed by atoms with Crippen LogP contribution in [0, 0.1) is 0 Å². The molecule has 98 valence electrons. The molecule has 0 aliphatic carbocycles. The van der Waals surface area contributed by atoms with Gasteiger partial charge < -0.3 is 9.47 Å². The standard InChI is InChI=1S/C15H14O4/c1-4-11-6-5-7-12(8-11)14(16)19-13-9(2)10(3)18-15(13)17/h4-8,10H,1H2,2-3H3. The molecule has 0 radical (unpaired) electrons. The fourth-order valence-corrected chi connectivity index (χ4v) is 1.71. The van der Waals surface area contributed by atoms with Gasteiger partial charge in [-0.25, -0.2) is 9.59 Å². The molecule has 1 aromatic carbocycles. The molecule has 19 heavy (non-hydrogen) atoms. The van der Waals surface area contributed by atoms with Crippen LogP contribution in [0.25, 0.3) is 6.08 Å². The lowest BCUT2D eigenvalue weighted by Crippen LogP contribution is -2.10. The van der Waals surface area contributed by atoms with E-state index in [1.165, 1.54) is 0 Å². The fraction of sp³-hybridized carbons (Fsp3) is 0.200. The van der Waals surface area contributed by atoms with Gasteiger partial charge in [0.05, 0.1) is 5.56 Å². The Morgan fingerprint density at radius 3 is 2.79 bits per heavy atom. The zero-order valence-corrected chi connectivity index (χ0v) is 10.8. The minimum atomic E-state index is -0.599. The lowest BCUT2D eigenvalue weighted by molar-refractivity contribution is -0.141. The molecule has 0 saturated carbocycles. The Bertz CT molecular complexity index is 584. The highest BCUT2D eigenvalue weighted by Crippen LogP contribution is 2.24. The van der Waals surface area contributed by atoms with Gasteiger partial charge in [0.2, 0.25) is 5.76 Å². The third-order valence-electron chi connectivity index (χ3n) is 2.99. The highest BCUT2D eigenvalue weighted by molar-refractivity contribution is 5.97. The average Bonchev–Trinajstić information content (AvgIpc) is 2.65. The Hall–Kier alpha value is -2.36. The minimum absolute atomic E-state index is 0.0125. The van der Waals surface area contributed by atoms with Gasteiger partial charge in [-0.2, -0.15) is 0 Å². The van der Waals surface area contributed by atoms with Crippen LogP contribution in [0.4, 0.5) is 0 Å². The third-order valence-corrected chi connectivity index (χ3v) is 2.99. The van der Waals surface area contributed by atoms with Crippen molar-refractivity contribution in [1.82, 2.24) is 0 Å². The van der Waals surface area contributed by atoms with E-state index in [0.29, 0.717) is 11.1 Å². The number of hydrogen-bond acceptors (Lipinski definition) is 4. The number of benzene rings is 1. The number of cyclic esters (lactones) is 1. The van der Waals surface area contributed by atoms with Gasteiger partial charge in [-0.3, -0.25) is 0 Å². The van der Waals surface area contributed by atoms with Gasteiger partial charge in [-0.05, 0) is 31.5 Å². The molecule has 0 fully saturated rings. The first-order valence-corrected chi connectivity index (χ1v) is 5.89. The van der Waals surface area contributed by atoms with Crippen LogP contribution in [0.15, 0.2) is 42.2 Å². The molecule has 0 amide bonds. The van der Waals surface area contributed by atoms with Gasteiger partial charge in [-0.1, -0.05) is 24.8 Å². The van der Waals surface area contributed by atoms with E-state index in [4.69, 9.17) is 9.47 Å². The smallest absolute Gasteiger partial charge is 0.375 e. The Morgan fingerprint density at radius 2 is 2.21 bits per heavy atom. The summed E-state index contributed by atoms with van der Waals surface area (Å²) in [5.41, 5.74) is 1.80. The molecular formula is C15H14O4. The van der Waals surface area contributed by atoms with Crippen LogP contribution in [0.5, 0.6) is 0 Å². The topological polar surface area (TPSA) is 52.6 Å². The first-order valence-electron chi connectivity index (χ1n) is 5.89. The van der Waals surface area contributed by atoms with Gasteiger partial charge >= 0.3 is 11.9 Å². The molecule has 0 saturated heterocycles. The SMILES string of the molecule is C=Cc1cccc(C(=O)OC2=C(C)C(C)OC2=O)c1. The maximum Gasteiger partial charge on any atom is 0.375 e. The van der Waals surface area contributed by atoms with E-state index in [1.807, 2.05) is 6.07 Å². The van der Waals surface area contributed by atoms with Gasteiger partial charge in [-0.15, -0.1) is 0 Å².